The molecular formula is C18H16N8. The number of aromatic nitrogens is 7. The fourth-order valence-electron chi connectivity index (χ4n) is 3.06. The lowest BCUT2D eigenvalue weighted by Crippen LogP contribution is -2.10. The summed E-state index contributed by atoms with van der Waals surface area (Å²) in [6.45, 7) is 4.22. The molecule has 0 aliphatic carbocycles. The van der Waals surface area contributed by atoms with E-state index < -0.39 is 0 Å². The Balaban J connectivity index is 1.81. The number of hydrogen-bond donors (Lipinski definition) is 0. The number of nitriles is 1. The molecule has 0 N–H and O–H groups in total. The summed E-state index contributed by atoms with van der Waals surface area (Å²) in [5.74, 6) is 0.760. The van der Waals surface area contributed by atoms with E-state index in [2.05, 4.69) is 45.1 Å². The van der Waals surface area contributed by atoms with Gasteiger partial charge in [0.2, 0.25) is 0 Å². The fourth-order valence-corrected chi connectivity index (χ4v) is 3.06. The van der Waals surface area contributed by atoms with E-state index in [1.807, 2.05) is 6.07 Å². The molecule has 0 aromatic carbocycles. The summed E-state index contributed by atoms with van der Waals surface area (Å²) in [6.07, 6.45) is 7.12. The van der Waals surface area contributed by atoms with Gasteiger partial charge >= 0.3 is 0 Å². The molecule has 4 rings (SSSR count). The van der Waals surface area contributed by atoms with E-state index in [1.54, 1.807) is 40.1 Å². The normalized spacial score (nSPS) is 11.2. The molecular weight excluding hydrogens is 328 g/mol. The van der Waals surface area contributed by atoms with E-state index >= 15 is 0 Å². The lowest BCUT2D eigenvalue weighted by molar-refractivity contribution is 0.762. The van der Waals surface area contributed by atoms with E-state index in [0.29, 0.717) is 17.8 Å². The topological polar surface area (TPSA) is 97.6 Å². The average molecular weight is 344 g/mol. The Kier molecular flexibility index (Phi) is 3.89. The van der Waals surface area contributed by atoms with Crippen LogP contribution >= 0.6 is 0 Å². The van der Waals surface area contributed by atoms with Crippen molar-refractivity contribution < 1.29 is 0 Å². The minimum Gasteiger partial charge on any atom is -0.240 e. The van der Waals surface area contributed by atoms with Gasteiger partial charge in [0.15, 0.2) is 11.5 Å². The maximum atomic E-state index is 9.35. The standard InChI is InChI=1S/C18H16N8/c1-12(2)16-15(22-11-25-18(16)21-10-24-25)8-14-5-7-23-26(14)17-13(9-19)4-3-6-20-17/h3-7,10-12H,8H2,1-2H3. The van der Waals surface area contributed by atoms with Crippen molar-refractivity contribution in [2.75, 3.05) is 0 Å². The Morgan fingerprint density at radius 1 is 1.12 bits per heavy atom. The second kappa shape index (κ2) is 6.37. The molecule has 8 nitrogen and oxygen atoms in total. The van der Waals surface area contributed by atoms with E-state index in [9.17, 15) is 5.26 Å². The Morgan fingerprint density at radius 3 is 2.81 bits per heavy atom. The zero-order chi connectivity index (χ0) is 18.1. The lowest BCUT2D eigenvalue weighted by Gasteiger charge is -2.13. The number of fused-ring (bicyclic) bond motifs is 1. The van der Waals surface area contributed by atoms with Crippen LogP contribution in [0.15, 0.2) is 43.2 Å². The smallest absolute Gasteiger partial charge is 0.171 e. The monoisotopic (exact) mass is 344 g/mol. The Hall–Kier alpha value is -3.60. The number of hydrogen-bond acceptors (Lipinski definition) is 6. The summed E-state index contributed by atoms with van der Waals surface area (Å²) < 4.78 is 3.38. The van der Waals surface area contributed by atoms with Crippen LogP contribution in [0, 0.1) is 11.3 Å². The van der Waals surface area contributed by atoms with E-state index in [0.717, 1.165) is 22.6 Å². The maximum absolute atomic E-state index is 9.35. The first kappa shape index (κ1) is 15.9. The van der Waals surface area contributed by atoms with Gasteiger partial charge in [-0.25, -0.2) is 24.1 Å². The summed E-state index contributed by atoms with van der Waals surface area (Å²) in [4.78, 5) is 13.3. The zero-order valence-electron chi connectivity index (χ0n) is 14.4. The van der Waals surface area contributed by atoms with E-state index in [1.165, 1.54) is 6.33 Å². The molecule has 0 unspecified atom stereocenters. The zero-order valence-corrected chi connectivity index (χ0v) is 14.4. The molecule has 128 valence electrons. The summed E-state index contributed by atoms with van der Waals surface area (Å²) in [5, 5.41) is 17.9. The molecule has 26 heavy (non-hydrogen) atoms. The summed E-state index contributed by atoms with van der Waals surface area (Å²) in [5.41, 5.74) is 4.16. The minimum absolute atomic E-state index is 0.242. The number of rotatable bonds is 4. The second-order valence-electron chi connectivity index (χ2n) is 6.19. The highest BCUT2D eigenvalue weighted by Gasteiger charge is 2.18. The van der Waals surface area contributed by atoms with Crippen LogP contribution in [0.1, 0.15) is 42.3 Å². The van der Waals surface area contributed by atoms with Crippen molar-refractivity contribution in [2.24, 2.45) is 0 Å². The molecule has 0 aliphatic heterocycles. The highest BCUT2D eigenvalue weighted by molar-refractivity contribution is 5.51. The van der Waals surface area contributed by atoms with E-state index in [-0.39, 0.29) is 5.92 Å². The Morgan fingerprint density at radius 2 is 2.00 bits per heavy atom. The van der Waals surface area contributed by atoms with Crippen molar-refractivity contribution in [1.82, 2.24) is 34.3 Å². The van der Waals surface area contributed by atoms with Gasteiger partial charge in [0, 0.05) is 24.4 Å². The van der Waals surface area contributed by atoms with Crippen LogP contribution in [0.2, 0.25) is 0 Å². The molecule has 0 bridgehead atoms. The van der Waals surface area contributed by atoms with Gasteiger partial charge in [-0.1, -0.05) is 13.8 Å². The number of nitrogens with zero attached hydrogens (tertiary/aromatic N) is 8. The van der Waals surface area contributed by atoms with Gasteiger partial charge in [-0.05, 0) is 24.1 Å². The molecule has 0 saturated heterocycles. The Bertz CT molecular complexity index is 1120. The first-order valence-electron chi connectivity index (χ1n) is 8.24. The van der Waals surface area contributed by atoms with Gasteiger partial charge in [0.05, 0.1) is 17.0 Å². The first-order chi connectivity index (χ1) is 12.7. The molecule has 4 aromatic rings. The molecule has 0 saturated carbocycles. The van der Waals surface area contributed by atoms with Gasteiger partial charge in [0.25, 0.3) is 0 Å². The third-order valence-corrected chi connectivity index (χ3v) is 4.20. The van der Waals surface area contributed by atoms with Crippen molar-refractivity contribution in [1.29, 1.82) is 5.26 Å². The quantitative estimate of drug-likeness (QED) is 0.563. The van der Waals surface area contributed by atoms with Crippen LogP contribution in [0.4, 0.5) is 0 Å². The third kappa shape index (κ3) is 2.59. The van der Waals surface area contributed by atoms with Gasteiger partial charge in [-0.15, -0.1) is 0 Å². The van der Waals surface area contributed by atoms with Gasteiger partial charge in [-0.2, -0.15) is 15.5 Å². The fraction of sp³-hybridized carbons (Fsp3) is 0.222. The van der Waals surface area contributed by atoms with Crippen LogP contribution in [0.3, 0.4) is 0 Å². The molecule has 0 fully saturated rings. The molecule has 8 heteroatoms. The van der Waals surface area contributed by atoms with Crippen molar-refractivity contribution in [3.63, 3.8) is 0 Å². The number of pyridine rings is 1. The van der Waals surface area contributed by atoms with Crippen LogP contribution in [0.25, 0.3) is 11.5 Å². The average Bonchev–Trinajstić information content (AvgIpc) is 3.30. The second-order valence-corrected chi connectivity index (χ2v) is 6.19. The van der Waals surface area contributed by atoms with Crippen LogP contribution < -0.4 is 0 Å². The summed E-state index contributed by atoms with van der Waals surface area (Å²) >= 11 is 0. The highest BCUT2D eigenvalue weighted by atomic mass is 15.3. The summed E-state index contributed by atoms with van der Waals surface area (Å²) in [6, 6.07) is 7.55. The molecule has 0 atom stereocenters. The predicted octanol–water partition coefficient (Wildman–Crippen LogP) is 2.29. The highest BCUT2D eigenvalue weighted by Crippen LogP contribution is 2.24. The van der Waals surface area contributed by atoms with Crippen molar-refractivity contribution in [3.8, 4) is 11.9 Å². The van der Waals surface area contributed by atoms with Crippen LogP contribution in [0.5, 0.6) is 0 Å². The van der Waals surface area contributed by atoms with Crippen LogP contribution in [-0.4, -0.2) is 34.3 Å². The van der Waals surface area contributed by atoms with Gasteiger partial charge < -0.3 is 0 Å². The van der Waals surface area contributed by atoms with E-state index in [4.69, 9.17) is 0 Å². The molecule has 0 amide bonds. The van der Waals surface area contributed by atoms with Crippen molar-refractivity contribution in [3.05, 3.63) is 65.8 Å². The molecule has 0 aliphatic rings. The third-order valence-electron chi connectivity index (χ3n) is 4.20. The maximum Gasteiger partial charge on any atom is 0.171 e. The van der Waals surface area contributed by atoms with Gasteiger partial charge in [-0.3, -0.25) is 0 Å². The largest absolute Gasteiger partial charge is 0.240 e. The first-order valence-corrected chi connectivity index (χ1v) is 8.24. The molecule has 4 aromatic heterocycles. The van der Waals surface area contributed by atoms with Gasteiger partial charge in [0.1, 0.15) is 18.7 Å². The van der Waals surface area contributed by atoms with Crippen LogP contribution in [-0.2, 0) is 6.42 Å². The van der Waals surface area contributed by atoms with Crippen molar-refractivity contribution in [2.45, 2.75) is 26.2 Å². The molecule has 4 heterocycles. The predicted molar refractivity (Wildman–Crippen MR) is 93.8 cm³/mol. The molecule has 0 radical (unpaired) electrons. The SMILES string of the molecule is CC(C)c1c(Cc2ccnn2-c2ncccc2C#N)ncn2ncnc12. The van der Waals surface area contributed by atoms with Crippen molar-refractivity contribution >= 4 is 5.65 Å². The molecule has 0 spiro atoms. The Labute approximate surface area is 149 Å². The summed E-state index contributed by atoms with van der Waals surface area (Å²) in [7, 11) is 0. The lowest BCUT2D eigenvalue weighted by atomic mass is 10.00. The minimum atomic E-state index is 0.242.